The SMILES string of the molecule is CCn1ccc2cc(Nc3cnccn3)nc(N)c2c1=O.OCC1CCCC1. The van der Waals surface area contributed by atoms with Crippen LogP contribution in [0.3, 0.4) is 0 Å². The number of aryl methyl sites for hydroxylation is 1. The molecule has 1 fully saturated rings. The van der Waals surface area contributed by atoms with Gasteiger partial charge in [-0.25, -0.2) is 9.97 Å². The Bertz CT molecular complexity index is 968. The van der Waals surface area contributed by atoms with Crippen LogP contribution in [0.25, 0.3) is 10.8 Å². The Morgan fingerprint density at radius 3 is 2.68 bits per heavy atom. The smallest absolute Gasteiger partial charge is 0.262 e. The van der Waals surface area contributed by atoms with Crippen molar-refractivity contribution in [3.05, 3.63) is 47.3 Å². The van der Waals surface area contributed by atoms with Gasteiger partial charge in [0.05, 0.1) is 11.6 Å². The number of nitrogens with one attached hydrogen (secondary N) is 1. The molecule has 3 heterocycles. The second kappa shape index (κ2) is 9.27. The lowest BCUT2D eigenvalue weighted by molar-refractivity contribution is 0.230. The Balaban J connectivity index is 0.000000271. The van der Waals surface area contributed by atoms with Gasteiger partial charge in [0.2, 0.25) is 0 Å². The number of hydrogen-bond acceptors (Lipinski definition) is 7. The molecule has 3 aromatic heterocycles. The first kappa shape index (κ1) is 19.8. The van der Waals surface area contributed by atoms with Crippen molar-refractivity contribution in [2.45, 2.75) is 39.2 Å². The van der Waals surface area contributed by atoms with Crippen molar-refractivity contribution >= 4 is 28.2 Å². The number of aliphatic hydroxyl groups is 1. The predicted molar refractivity (Wildman–Crippen MR) is 110 cm³/mol. The van der Waals surface area contributed by atoms with Crippen LogP contribution in [0, 0.1) is 5.92 Å². The van der Waals surface area contributed by atoms with Crippen molar-refractivity contribution < 1.29 is 5.11 Å². The summed E-state index contributed by atoms with van der Waals surface area (Å²) in [6, 6.07) is 3.61. The summed E-state index contributed by atoms with van der Waals surface area (Å²) in [5, 5.41) is 12.8. The highest BCUT2D eigenvalue weighted by Gasteiger charge is 2.12. The van der Waals surface area contributed by atoms with E-state index in [9.17, 15) is 4.79 Å². The minimum absolute atomic E-state index is 0.133. The number of aromatic nitrogens is 4. The molecule has 8 heteroatoms. The monoisotopic (exact) mass is 382 g/mol. The largest absolute Gasteiger partial charge is 0.396 e. The van der Waals surface area contributed by atoms with Crippen molar-refractivity contribution in [1.29, 1.82) is 0 Å². The number of nitrogens with two attached hydrogens (primary N) is 1. The molecule has 0 bridgehead atoms. The first-order chi connectivity index (χ1) is 13.6. The van der Waals surface area contributed by atoms with E-state index >= 15 is 0 Å². The summed E-state index contributed by atoms with van der Waals surface area (Å²) >= 11 is 0. The van der Waals surface area contributed by atoms with E-state index in [4.69, 9.17) is 10.8 Å². The van der Waals surface area contributed by atoms with Gasteiger partial charge in [-0.1, -0.05) is 12.8 Å². The second-order valence-electron chi connectivity index (χ2n) is 6.81. The van der Waals surface area contributed by atoms with Crippen LogP contribution in [-0.4, -0.2) is 31.2 Å². The van der Waals surface area contributed by atoms with Gasteiger partial charge in [0.15, 0.2) is 0 Å². The second-order valence-corrected chi connectivity index (χ2v) is 6.81. The summed E-state index contributed by atoms with van der Waals surface area (Å²) in [6.45, 7) is 2.91. The van der Waals surface area contributed by atoms with Gasteiger partial charge >= 0.3 is 0 Å². The van der Waals surface area contributed by atoms with Crippen LogP contribution >= 0.6 is 0 Å². The topological polar surface area (TPSA) is 119 Å². The van der Waals surface area contributed by atoms with E-state index in [1.165, 1.54) is 25.7 Å². The molecule has 0 aliphatic heterocycles. The Morgan fingerprint density at radius 2 is 2.07 bits per heavy atom. The molecule has 0 atom stereocenters. The minimum atomic E-state index is -0.133. The maximum absolute atomic E-state index is 12.3. The van der Waals surface area contributed by atoms with E-state index in [-0.39, 0.29) is 11.4 Å². The standard InChI is InChI=1S/C14H14N6O.C6H12O/c1-2-20-6-3-9-7-10(18-11-8-16-4-5-17-11)19-13(15)12(9)14(20)21;7-5-6-3-1-2-4-6/h3-8H,2H2,1H3,(H3,15,17,18,19);6-7H,1-5H2. The third-order valence-electron chi connectivity index (χ3n) is 4.88. The fourth-order valence-electron chi connectivity index (χ4n) is 3.33. The zero-order valence-electron chi connectivity index (χ0n) is 16.0. The Morgan fingerprint density at radius 1 is 1.29 bits per heavy atom. The maximum atomic E-state index is 12.3. The maximum Gasteiger partial charge on any atom is 0.262 e. The molecule has 0 amide bonds. The van der Waals surface area contributed by atoms with Crippen LogP contribution in [0.5, 0.6) is 0 Å². The van der Waals surface area contributed by atoms with E-state index in [1.54, 1.807) is 35.4 Å². The highest BCUT2D eigenvalue weighted by atomic mass is 16.3. The predicted octanol–water partition coefficient (Wildman–Crippen LogP) is 2.70. The summed E-state index contributed by atoms with van der Waals surface area (Å²) in [6.07, 6.45) is 11.7. The molecule has 8 nitrogen and oxygen atoms in total. The summed E-state index contributed by atoms with van der Waals surface area (Å²) in [5.74, 6) is 1.94. The fourth-order valence-corrected chi connectivity index (χ4v) is 3.33. The molecule has 1 saturated carbocycles. The lowest BCUT2D eigenvalue weighted by Crippen LogP contribution is -2.19. The molecule has 1 aliphatic carbocycles. The van der Waals surface area contributed by atoms with Crippen LogP contribution in [0.4, 0.5) is 17.5 Å². The number of anilines is 3. The quantitative estimate of drug-likeness (QED) is 0.635. The van der Waals surface area contributed by atoms with Crippen LogP contribution in [0.2, 0.25) is 0 Å². The molecule has 148 valence electrons. The third kappa shape index (κ3) is 4.64. The van der Waals surface area contributed by atoms with Gasteiger partial charge in [-0.3, -0.25) is 9.78 Å². The first-order valence-electron chi connectivity index (χ1n) is 9.56. The van der Waals surface area contributed by atoms with E-state index in [2.05, 4.69) is 20.3 Å². The Kier molecular flexibility index (Phi) is 6.54. The molecule has 28 heavy (non-hydrogen) atoms. The van der Waals surface area contributed by atoms with Crippen molar-refractivity contribution in [3.63, 3.8) is 0 Å². The van der Waals surface area contributed by atoms with Crippen molar-refractivity contribution in [3.8, 4) is 0 Å². The Hall–Kier alpha value is -3.00. The fraction of sp³-hybridized carbons (Fsp3) is 0.400. The molecule has 0 saturated heterocycles. The summed E-state index contributed by atoms with van der Waals surface area (Å²) in [4.78, 5) is 24.5. The van der Waals surface area contributed by atoms with Gasteiger partial charge < -0.3 is 20.7 Å². The van der Waals surface area contributed by atoms with Crippen LogP contribution in [-0.2, 0) is 6.54 Å². The third-order valence-corrected chi connectivity index (χ3v) is 4.88. The molecule has 0 spiro atoms. The normalized spacial score (nSPS) is 13.9. The molecule has 0 unspecified atom stereocenters. The highest BCUT2D eigenvalue weighted by Crippen LogP contribution is 2.23. The lowest BCUT2D eigenvalue weighted by Gasteiger charge is -2.09. The number of hydrogen-bond donors (Lipinski definition) is 3. The molecule has 0 aromatic carbocycles. The van der Waals surface area contributed by atoms with E-state index < -0.39 is 0 Å². The summed E-state index contributed by atoms with van der Waals surface area (Å²) in [5.41, 5.74) is 5.80. The zero-order valence-corrected chi connectivity index (χ0v) is 16.0. The van der Waals surface area contributed by atoms with Crippen LogP contribution < -0.4 is 16.6 Å². The lowest BCUT2D eigenvalue weighted by atomic mass is 10.1. The first-order valence-corrected chi connectivity index (χ1v) is 9.56. The minimum Gasteiger partial charge on any atom is -0.396 e. The van der Waals surface area contributed by atoms with Gasteiger partial charge in [0.25, 0.3) is 5.56 Å². The number of nitrogen functional groups attached to an aromatic ring is 1. The molecule has 3 aromatic rings. The van der Waals surface area contributed by atoms with Crippen LogP contribution in [0.1, 0.15) is 32.6 Å². The van der Waals surface area contributed by atoms with Crippen LogP contribution in [0.15, 0.2) is 41.7 Å². The Labute approximate surface area is 163 Å². The van der Waals surface area contributed by atoms with Gasteiger partial charge in [-0.2, -0.15) is 0 Å². The average Bonchev–Trinajstić information content (AvgIpc) is 3.23. The number of aliphatic hydroxyl groups excluding tert-OH is 1. The van der Waals surface area contributed by atoms with Crippen molar-refractivity contribution in [1.82, 2.24) is 19.5 Å². The molecular formula is C20H26N6O2. The molecule has 4 rings (SSSR count). The molecular weight excluding hydrogens is 356 g/mol. The van der Waals surface area contributed by atoms with Gasteiger partial charge in [0, 0.05) is 31.7 Å². The summed E-state index contributed by atoms with van der Waals surface area (Å²) < 4.78 is 1.59. The number of pyridine rings is 2. The molecule has 4 N–H and O–H groups in total. The number of nitrogens with zero attached hydrogens (tertiary/aromatic N) is 4. The van der Waals surface area contributed by atoms with E-state index in [1.807, 2.05) is 13.0 Å². The highest BCUT2D eigenvalue weighted by molar-refractivity contribution is 5.92. The zero-order chi connectivity index (χ0) is 19.9. The molecule has 1 aliphatic rings. The van der Waals surface area contributed by atoms with E-state index in [0.29, 0.717) is 36.1 Å². The van der Waals surface area contributed by atoms with E-state index in [0.717, 1.165) is 5.39 Å². The van der Waals surface area contributed by atoms with Crippen molar-refractivity contribution in [2.75, 3.05) is 17.7 Å². The number of rotatable bonds is 4. The van der Waals surface area contributed by atoms with Gasteiger partial charge in [-0.05, 0) is 43.2 Å². The summed E-state index contributed by atoms with van der Waals surface area (Å²) in [7, 11) is 0. The number of fused-ring (bicyclic) bond motifs is 1. The van der Waals surface area contributed by atoms with Gasteiger partial charge in [-0.15, -0.1) is 0 Å². The average molecular weight is 382 g/mol. The van der Waals surface area contributed by atoms with Gasteiger partial charge in [0.1, 0.15) is 17.5 Å². The molecule has 0 radical (unpaired) electrons. The van der Waals surface area contributed by atoms with Crippen molar-refractivity contribution in [2.24, 2.45) is 5.92 Å².